The number of aryl methyl sites for hydroxylation is 3. The molecule has 0 spiro atoms. The Kier molecular flexibility index (Phi) is 7.65. The second kappa shape index (κ2) is 9.74. The van der Waals surface area contributed by atoms with E-state index in [-0.39, 0.29) is 0 Å². The van der Waals surface area contributed by atoms with E-state index >= 15 is 0 Å². The van der Waals surface area contributed by atoms with E-state index in [1.54, 1.807) is 0 Å². The monoisotopic (exact) mass is 344 g/mol. The summed E-state index contributed by atoms with van der Waals surface area (Å²) in [5, 5.41) is 0. The third-order valence-electron chi connectivity index (χ3n) is 4.47. The number of hydrogen-bond donors (Lipinski definition) is 0. The van der Waals surface area contributed by atoms with Crippen LogP contribution in [0.1, 0.15) is 48.8 Å². The van der Waals surface area contributed by atoms with Crippen LogP contribution in [0.2, 0.25) is 0 Å². The number of ether oxygens (including phenoxy) is 1. The highest BCUT2D eigenvalue weighted by Crippen LogP contribution is 2.32. The number of unbranched alkanes of at least 4 members (excludes halogenated alkanes) is 4. The van der Waals surface area contributed by atoms with E-state index in [0.29, 0.717) is 0 Å². The van der Waals surface area contributed by atoms with Crippen molar-refractivity contribution in [1.29, 1.82) is 0 Å². The maximum absolute atomic E-state index is 5.97. The van der Waals surface area contributed by atoms with Gasteiger partial charge in [-0.1, -0.05) is 43.5 Å². The van der Waals surface area contributed by atoms with E-state index in [2.05, 4.69) is 57.2 Å². The topological polar surface area (TPSA) is 9.23 Å². The lowest BCUT2D eigenvalue weighted by Gasteiger charge is -2.15. The van der Waals surface area contributed by atoms with Gasteiger partial charge in [0.2, 0.25) is 0 Å². The van der Waals surface area contributed by atoms with Crippen LogP contribution >= 0.6 is 11.6 Å². The van der Waals surface area contributed by atoms with Crippen molar-refractivity contribution < 1.29 is 4.74 Å². The Hall–Kier alpha value is -1.47. The summed E-state index contributed by atoms with van der Waals surface area (Å²) < 4.78 is 5.97. The highest BCUT2D eigenvalue weighted by molar-refractivity contribution is 6.17. The Morgan fingerprint density at radius 3 is 2.08 bits per heavy atom. The van der Waals surface area contributed by atoms with Crippen molar-refractivity contribution in [1.82, 2.24) is 0 Å². The van der Waals surface area contributed by atoms with Crippen molar-refractivity contribution >= 4 is 11.6 Å². The molecule has 2 aromatic carbocycles. The van der Waals surface area contributed by atoms with Crippen molar-refractivity contribution in [3.05, 3.63) is 53.1 Å². The van der Waals surface area contributed by atoms with Gasteiger partial charge in [0.05, 0.1) is 6.61 Å². The normalized spacial score (nSPS) is 10.8. The first-order valence-corrected chi connectivity index (χ1v) is 9.53. The summed E-state index contributed by atoms with van der Waals surface area (Å²) in [5.74, 6) is 1.77. The Bertz CT molecular complexity index is 625. The van der Waals surface area contributed by atoms with Crippen molar-refractivity contribution in [2.24, 2.45) is 0 Å². The van der Waals surface area contributed by atoms with Crippen LogP contribution in [-0.2, 0) is 0 Å². The Balaban J connectivity index is 1.96. The summed E-state index contributed by atoms with van der Waals surface area (Å²) in [5.41, 5.74) is 6.53. The quantitative estimate of drug-likeness (QED) is 0.357. The van der Waals surface area contributed by atoms with Crippen LogP contribution in [0, 0.1) is 20.8 Å². The standard InChI is InChI=1S/C22H29ClO/c1-17-11-7-8-12-21(17)22-18(2)15-20(16-19(22)3)24-14-10-6-4-5-9-13-23/h7-8,11-12,15-16H,4-6,9-10,13-14H2,1-3H3. The number of benzene rings is 2. The molecule has 0 aliphatic carbocycles. The maximum Gasteiger partial charge on any atom is 0.119 e. The fourth-order valence-corrected chi connectivity index (χ4v) is 3.39. The highest BCUT2D eigenvalue weighted by Gasteiger charge is 2.10. The highest BCUT2D eigenvalue weighted by atomic mass is 35.5. The molecule has 0 atom stereocenters. The minimum Gasteiger partial charge on any atom is -0.494 e. The van der Waals surface area contributed by atoms with E-state index in [0.717, 1.165) is 31.1 Å². The predicted molar refractivity (Wildman–Crippen MR) is 105 cm³/mol. The Labute approximate surface area is 152 Å². The molecule has 130 valence electrons. The van der Waals surface area contributed by atoms with E-state index in [4.69, 9.17) is 16.3 Å². The molecule has 0 saturated carbocycles. The van der Waals surface area contributed by atoms with Crippen LogP contribution in [0.25, 0.3) is 11.1 Å². The van der Waals surface area contributed by atoms with E-state index in [9.17, 15) is 0 Å². The lowest BCUT2D eigenvalue weighted by molar-refractivity contribution is 0.304. The summed E-state index contributed by atoms with van der Waals surface area (Å²) in [6.45, 7) is 7.31. The first-order chi connectivity index (χ1) is 11.6. The summed E-state index contributed by atoms with van der Waals surface area (Å²) in [6.07, 6.45) is 5.93. The van der Waals surface area contributed by atoms with Gasteiger partial charge in [-0.2, -0.15) is 0 Å². The number of alkyl halides is 1. The second-order valence-electron chi connectivity index (χ2n) is 6.55. The zero-order valence-electron chi connectivity index (χ0n) is 15.2. The van der Waals surface area contributed by atoms with Crippen molar-refractivity contribution in [2.45, 2.75) is 52.9 Å². The predicted octanol–water partition coefficient (Wildman–Crippen LogP) is 6.85. The SMILES string of the molecule is Cc1ccccc1-c1c(C)cc(OCCCCCCCCl)cc1C. The smallest absolute Gasteiger partial charge is 0.119 e. The zero-order chi connectivity index (χ0) is 17.4. The first-order valence-electron chi connectivity index (χ1n) is 8.99. The van der Waals surface area contributed by atoms with Gasteiger partial charge in [-0.05, 0) is 73.6 Å². The van der Waals surface area contributed by atoms with Crippen LogP contribution in [-0.4, -0.2) is 12.5 Å². The van der Waals surface area contributed by atoms with E-state index in [1.807, 2.05) is 0 Å². The van der Waals surface area contributed by atoms with Gasteiger partial charge in [-0.25, -0.2) is 0 Å². The third kappa shape index (κ3) is 5.27. The molecule has 0 aliphatic heterocycles. The molecule has 0 aliphatic rings. The van der Waals surface area contributed by atoms with Gasteiger partial charge in [0.25, 0.3) is 0 Å². The molecule has 0 radical (unpaired) electrons. The van der Waals surface area contributed by atoms with E-state index < -0.39 is 0 Å². The molecule has 24 heavy (non-hydrogen) atoms. The fourth-order valence-electron chi connectivity index (χ4n) is 3.20. The second-order valence-corrected chi connectivity index (χ2v) is 6.93. The molecule has 0 amide bonds. The van der Waals surface area contributed by atoms with E-state index in [1.165, 1.54) is 47.1 Å². The van der Waals surface area contributed by atoms with Gasteiger partial charge in [-0.3, -0.25) is 0 Å². The van der Waals surface area contributed by atoms with Crippen LogP contribution in [0.3, 0.4) is 0 Å². The lowest BCUT2D eigenvalue weighted by atomic mass is 9.92. The van der Waals surface area contributed by atoms with Gasteiger partial charge in [0.1, 0.15) is 5.75 Å². The summed E-state index contributed by atoms with van der Waals surface area (Å²) in [6, 6.07) is 12.9. The van der Waals surface area contributed by atoms with Gasteiger partial charge >= 0.3 is 0 Å². The van der Waals surface area contributed by atoms with Crippen LogP contribution in [0.15, 0.2) is 36.4 Å². The van der Waals surface area contributed by atoms with Gasteiger partial charge in [0.15, 0.2) is 0 Å². The molecule has 0 unspecified atom stereocenters. The van der Waals surface area contributed by atoms with Gasteiger partial charge in [0, 0.05) is 5.88 Å². The molecular formula is C22H29ClO. The Morgan fingerprint density at radius 2 is 1.42 bits per heavy atom. The van der Waals surface area contributed by atoms with Crippen LogP contribution < -0.4 is 4.74 Å². The molecule has 0 aromatic heterocycles. The Morgan fingerprint density at radius 1 is 0.792 bits per heavy atom. The minimum absolute atomic E-state index is 0.780. The largest absolute Gasteiger partial charge is 0.494 e. The minimum atomic E-state index is 0.780. The molecule has 0 bridgehead atoms. The molecule has 2 rings (SSSR count). The molecule has 1 nitrogen and oxygen atoms in total. The van der Waals surface area contributed by atoms with Crippen molar-refractivity contribution in [3.8, 4) is 16.9 Å². The number of rotatable bonds is 9. The van der Waals surface area contributed by atoms with Gasteiger partial charge in [-0.15, -0.1) is 11.6 Å². The molecule has 2 heteroatoms. The molecule has 2 aromatic rings. The summed E-state index contributed by atoms with van der Waals surface area (Å²) in [4.78, 5) is 0. The number of hydrogen-bond acceptors (Lipinski definition) is 1. The molecular weight excluding hydrogens is 316 g/mol. The lowest BCUT2D eigenvalue weighted by Crippen LogP contribution is -1.99. The number of halogens is 1. The fraction of sp³-hybridized carbons (Fsp3) is 0.455. The van der Waals surface area contributed by atoms with Crippen molar-refractivity contribution in [3.63, 3.8) is 0 Å². The molecule has 0 heterocycles. The first kappa shape index (κ1) is 18.9. The third-order valence-corrected chi connectivity index (χ3v) is 4.73. The van der Waals surface area contributed by atoms with Crippen molar-refractivity contribution in [2.75, 3.05) is 12.5 Å². The summed E-state index contributed by atoms with van der Waals surface area (Å²) in [7, 11) is 0. The summed E-state index contributed by atoms with van der Waals surface area (Å²) >= 11 is 5.69. The van der Waals surface area contributed by atoms with Crippen LogP contribution in [0.4, 0.5) is 0 Å². The average molecular weight is 345 g/mol. The van der Waals surface area contributed by atoms with Crippen LogP contribution in [0.5, 0.6) is 5.75 Å². The zero-order valence-corrected chi connectivity index (χ0v) is 16.0. The van der Waals surface area contributed by atoms with Gasteiger partial charge < -0.3 is 4.74 Å². The molecule has 0 fully saturated rings. The maximum atomic E-state index is 5.97. The average Bonchev–Trinajstić information content (AvgIpc) is 2.55. The molecule has 0 N–H and O–H groups in total. The molecule has 0 saturated heterocycles.